The lowest BCUT2D eigenvalue weighted by molar-refractivity contribution is -0.142. The fourth-order valence-corrected chi connectivity index (χ4v) is 3.16. The topological polar surface area (TPSA) is 58.6 Å². The van der Waals surface area contributed by atoms with Crippen molar-refractivity contribution in [1.82, 2.24) is 10.2 Å². The van der Waals surface area contributed by atoms with Gasteiger partial charge in [-0.15, -0.1) is 0 Å². The monoisotopic (exact) mass is 430 g/mol. The summed E-state index contributed by atoms with van der Waals surface area (Å²) in [5.41, 5.74) is 2.33. The number of hydrogen-bond acceptors (Lipinski definition) is 3. The summed E-state index contributed by atoms with van der Waals surface area (Å²) in [7, 11) is 0. The predicted octanol–water partition coefficient (Wildman–Crippen LogP) is 4.67. The van der Waals surface area contributed by atoms with Crippen molar-refractivity contribution in [3.05, 3.63) is 64.2 Å². The molecule has 0 saturated carbocycles. The molecule has 2 aromatic carbocycles. The summed E-state index contributed by atoms with van der Waals surface area (Å²) in [5.74, 6) is 0.111. The van der Waals surface area contributed by atoms with E-state index in [1.165, 1.54) is 0 Å². The molecular formula is C24H31ClN2O3. The molecule has 0 spiro atoms. The second-order valence-electron chi connectivity index (χ2n) is 8.58. The lowest BCUT2D eigenvalue weighted by Crippen LogP contribution is -2.53. The number of hydrogen-bond donors (Lipinski definition) is 1. The Balaban J connectivity index is 2.18. The number of rotatable bonds is 7. The molecule has 2 amide bonds. The van der Waals surface area contributed by atoms with E-state index in [9.17, 15) is 9.59 Å². The molecule has 162 valence electrons. The maximum atomic E-state index is 13.1. The van der Waals surface area contributed by atoms with E-state index in [0.29, 0.717) is 17.3 Å². The van der Waals surface area contributed by atoms with Gasteiger partial charge in [-0.2, -0.15) is 0 Å². The Bertz CT molecular complexity index is 868. The summed E-state index contributed by atoms with van der Waals surface area (Å²) in [4.78, 5) is 27.3. The van der Waals surface area contributed by atoms with Gasteiger partial charge in [0.05, 0.1) is 0 Å². The third-order valence-corrected chi connectivity index (χ3v) is 5.23. The summed E-state index contributed by atoms with van der Waals surface area (Å²) in [6, 6.07) is 12.6. The summed E-state index contributed by atoms with van der Waals surface area (Å²) in [5, 5.41) is 3.63. The zero-order valence-corrected chi connectivity index (χ0v) is 19.3. The SMILES string of the molecule is Cc1cc(OCC(=O)N(Cc2ccccc2)[C@H](C)C(=O)NC(C)(C)C)cc(C)c1Cl. The first-order chi connectivity index (χ1) is 14.0. The van der Waals surface area contributed by atoms with Crippen molar-refractivity contribution in [2.45, 2.75) is 59.7 Å². The molecular weight excluding hydrogens is 400 g/mol. The predicted molar refractivity (Wildman–Crippen MR) is 121 cm³/mol. The first-order valence-electron chi connectivity index (χ1n) is 10.0. The Labute approximate surface area is 184 Å². The fourth-order valence-electron chi connectivity index (χ4n) is 3.05. The van der Waals surface area contributed by atoms with Crippen LogP contribution < -0.4 is 10.1 Å². The molecule has 0 aliphatic carbocycles. The Morgan fingerprint density at radius 1 is 1.10 bits per heavy atom. The van der Waals surface area contributed by atoms with Crippen LogP contribution in [0, 0.1) is 13.8 Å². The molecule has 30 heavy (non-hydrogen) atoms. The highest BCUT2D eigenvalue weighted by molar-refractivity contribution is 6.32. The van der Waals surface area contributed by atoms with Crippen molar-refractivity contribution < 1.29 is 14.3 Å². The van der Waals surface area contributed by atoms with Crippen LogP contribution in [0.3, 0.4) is 0 Å². The van der Waals surface area contributed by atoms with Crippen molar-refractivity contribution in [1.29, 1.82) is 0 Å². The first kappa shape index (κ1) is 23.7. The molecule has 0 aromatic heterocycles. The molecule has 6 heteroatoms. The second kappa shape index (κ2) is 9.98. The molecule has 0 aliphatic rings. The summed E-state index contributed by atoms with van der Waals surface area (Å²) >= 11 is 6.21. The van der Waals surface area contributed by atoms with E-state index in [2.05, 4.69) is 5.32 Å². The third kappa shape index (κ3) is 6.77. The quantitative estimate of drug-likeness (QED) is 0.694. The van der Waals surface area contributed by atoms with Gasteiger partial charge in [-0.25, -0.2) is 0 Å². The minimum absolute atomic E-state index is 0.166. The Hall–Kier alpha value is -2.53. The van der Waals surface area contributed by atoms with Gasteiger partial charge in [-0.05, 0) is 70.4 Å². The average Bonchev–Trinajstić information content (AvgIpc) is 2.67. The van der Waals surface area contributed by atoms with Crippen LogP contribution in [0.2, 0.25) is 5.02 Å². The van der Waals surface area contributed by atoms with Crippen LogP contribution >= 0.6 is 11.6 Å². The normalized spacial score (nSPS) is 12.2. The maximum absolute atomic E-state index is 13.1. The van der Waals surface area contributed by atoms with Gasteiger partial charge >= 0.3 is 0 Å². The number of amides is 2. The van der Waals surface area contributed by atoms with Crippen LogP contribution in [0.25, 0.3) is 0 Å². The lowest BCUT2D eigenvalue weighted by Gasteiger charge is -2.31. The first-order valence-corrected chi connectivity index (χ1v) is 10.4. The van der Waals surface area contributed by atoms with E-state index in [-0.39, 0.29) is 24.0 Å². The summed E-state index contributed by atoms with van der Waals surface area (Å²) < 4.78 is 5.75. The molecule has 5 nitrogen and oxygen atoms in total. The van der Waals surface area contributed by atoms with E-state index in [1.54, 1.807) is 24.0 Å². The Morgan fingerprint density at radius 3 is 2.20 bits per heavy atom. The third-order valence-electron chi connectivity index (χ3n) is 4.63. The number of ether oxygens (including phenoxy) is 1. The second-order valence-corrected chi connectivity index (χ2v) is 8.96. The molecule has 0 unspecified atom stereocenters. The number of nitrogens with one attached hydrogen (secondary N) is 1. The van der Waals surface area contributed by atoms with Crippen LogP contribution in [-0.4, -0.2) is 34.9 Å². The number of aryl methyl sites for hydroxylation is 2. The zero-order chi connectivity index (χ0) is 22.5. The van der Waals surface area contributed by atoms with E-state index in [1.807, 2.05) is 65.0 Å². The van der Waals surface area contributed by atoms with Crippen molar-refractivity contribution in [2.75, 3.05) is 6.61 Å². The minimum Gasteiger partial charge on any atom is -0.484 e. The number of benzene rings is 2. The molecule has 0 radical (unpaired) electrons. The molecule has 0 bridgehead atoms. The largest absolute Gasteiger partial charge is 0.484 e. The number of nitrogens with zero attached hydrogens (tertiary/aromatic N) is 1. The molecule has 0 heterocycles. The van der Waals surface area contributed by atoms with Crippen molar-refractivity contribution in [3.63, 3.8) is 0 Å². The van der Waals surface area contributed by atoms with Crippen LogP contribution in [-0.2, 0) is 16.1 Å². The van der Waals surface area contributed by atoms with Crippen LogP contribution in [0.15, 0.2) is 42.5 Å². The van der Waals surface area contributed by atoms with Gasteiger partial charge in [-0.1, -0.05) is 41.9 Å². The van der Waals surface area contributed by atoms with E-state index in [4.69, 9.17) is 16.3 Å². The van der Waals surface area contributed by atoms with E-state index < -0.39 is 6.04 Å². The van der Waals surface area contributed by atoms with Gasteiger partial charge in [0.15, 0.2) is 6.61 Å². The Morgan fingerprint density at radius 2 is 1.67 bits per heavy atom. The maximum Gasteiger partial charge on any atom is 0.261 e. The van der Waals surface area contributed by atoms with Gasteiger partial charge in [0, 0.05) is 17.1 Å². The summed E-state index contributed by atoms with van der Waals surface area (Å²) in [6.45, 7) is 11.4. The standard InChI is InChI=1S/C24H31ClN2O3/c1-16-12-20(13-17(2)22(16)25)30-15-21(28)27(14-19-10-8-7-9-11-19)18(3)23(29)26-24(4,5)6/h7-13,18H,14-15H2,1-6H3,(H,26,29)/t18-/m1/s1. The fraction of sp³-hybridized carbons (Fsp3) is 0.417. The van der Waals surface area contributed by atoms with Gasteiger partial charge in [0.25, 0.3) is 5.91 Å². The molecule has 2 rings (SSSR count). The molecule has 2 aromatic rings. The lowest BCUT2D eigenvalue weighted by atomic mass is 10.1. The number of carbonyl (C=O) groups is 2. The molecule has 0 fully saturated rings. The molecule has 0 saturated heterocycles. The highest BCUT2D eigenvalue weighted by atomic mass is 35.5. The smallest absolute Gasteiger partial charge is 0.261 e. The minimum atomic E-state index is -0.644. The summed E-state index contributed by atoms with van der Waals surface area (Å²) in [6.07, 6.45) is 0. The van der Waals surface area contributed by atoms with Crippen molar-refractivity contribution in [3.8, 4) is 5.75 Å². The highest BCUT2D eigenvalue weighted by Gasteiger charge is 2.28. The van der Waals surface area contributed by atoms with Crippen molar-refractivity contribution >= 4 is 23.4 Å². The molecule has 0 aliphatic heterocycles. The number of carbonyl (C=O) groups excluding carboxylic acids is 2. The molecule has 1 N–H and O–H groups in total. The van der Waals surface area contributed by atoms with Gasteiger partial charge in [-0.3, -0.25) is 9.59 Å². The Kier molecular flexibility index (Phi) is 7.90. The number of halogens is 1. The van der Waals surface area contributed by atoms with Crippen LogP contribution in [0.5, 0.6) is 5.75 Å². The van der Waals surface area contributed by atoms with E-state index in [0.717, 1.165) is 16.7 Å². The zero-order valence-electron chi connectivity index (χ0n) is 18.6. The van der Waals surface area contributed by atoms with Gasteiger partial charge in [0.2, 0.25) is 5.91 Å². The van der Waals surface area contributed by atoms with Crippen LogP contribution in [0.4, 0.5) is 0 Å². The molecule has 1 atom stereocenters. The van der Waals surface area contributed by atoms with Gasteiger partial charge in [0.1, 0.15) is 11.8 Å². The van der Waals surface area contributed by atoms with Gasteiger partial charge < -0.3 is 15.0 Å². The highest BCUT2D eigenvalue weighted by Crippen LogP contribution is 2.26. The van der Waals surface area contributed by atoms with Crippen molar-refractivity contribution in [2.24, 2.45) is 0 Å². The average molecular weight is 431 g/mol. The van der Waals surface area contributed by atoms with Crippen LogP contribution in [0.1, 0.15) is 44.4 Å². The van der Waals surface area contributed by atoms with E-state index >= 15 is 0 Å².